The van der Waals surface area contributed by atoms with Crippen molar-refractivity contribution in [1.29, 1.82) is 0 Å². The van der Waals surface area contributed by atoms with Gasteiger partial charge in [0.1, 0.15) is 12.2 Å². The van der Waals surface area contributed by atoms with Crippen LogP contribution in [0.15, 0.2) is 6.33 Å². The van der Waals surface area contributed by atoms with Crippen LogP contribution >= 0.6 is 0 Å². The molecule has 2 N–H and O–H groups in total. The molecule has 4 nitrogen and oxygen atoms in total. The van der Waals surface area contributed by atoms with Gasteiger partial charge in [0.05, 0.1) is 0 Å². The monoisotopic (exact) mass is 155 g/mol. The molecule has 1 aromatic rings. The third-order valence-electron chi connectivity index (χ3n) is 1.54. The Bertz CT molecular complexity index is 205. The van der Waals surface area contributed by atoms with Crippen LogP contribution in [0.2, 0.25) is 0 Å². The summed E-state index contributed by atoms with van der Waals surface area (Å²) in [6.45, 7) is 4.12. The molecule has 0 saturated carbocycles. The van der Waals surface area contributed by atoms with Crippen LogP contribution in [0, 0.1) is 5.41 Å². The summed E-state index contributed by atoms with van der Waals surface area (Å²) in [7, 11) is 0. The largest absolute Gasteiger partial charge is 0.396 e. The summed E-state index contributed by atoms with van der Waals surface area (Å²) >= 11 is 0. The zero-order chi connectivity index (χ0) is 8.32. The van der Waals surface area contributed by atoms with Crippen LogP contribution in [-0.2, 0) is 6.42 Å². The van der Waals surface area contributed by atoms with E-state index in [2.05, 4.69) is 15.2 Å². The molecule has 0 saturated heterocycles. The van der Waals surface area contributed by atoms with Crippen molar-refractivity contribution in [1.82, 2.24) is 15.2 Å². The summed E-state index contributed by atoms with van der Waals surface area (Å²) in [4.78, 5) is 3.97. The summed E-state index contributed by atoms with van der Waals surface area (Å²) in [6.07, 6.45) is 2.20. The second-order valence-electron chi connectivity index (χ2n) is 3.43. The first-order valence-electron chi connectivity index (χ1n) is 3.59. The Morgan fingerprint density at radius 1 is 1.64 bits per heavy atom. The van der Waals surface area contributed by atoms with Crippen LogP contribution in [0.25, 0.3) is 0 Å². The molecule has 0 aliphatic carbocycles. The van der Waals surface area contributed by atoms with Crippen LogP contribution in [0.1, 0.15) is 19.7 Å². The lowest BCUT2D eigenvalue weighted by atomic mass is 9.90. The number of hydrogen-bond donors (Lipinski definition) is 2. The summed E-state index contributed by atoms with van der Waals surface area (Å²) in [5.74, 6) is 0.823. The van der Waals surface area contributed by atoms with E-state index in [1.165, 1.54) is 6.33 Å². The summed E-state index contributed by atoms with van der Waals surface area (Å²) in [5.41, 5.74) is -0.112. The number of hydrogen-bond acceptors (Lipinski definition) is 3. The number of nitrogens with one attached hydrogen (secondary N) is 1. The fourth-order valence-corrected chi connectivity index (χ4v) is 0.825. The average molecular weight is 155 g/mol. The van der Waals surface area contributed by atoms with Crippen molar-refractivity contribution in [3.8, 4) is 0 Å². The van der Waals surface area contributed by atoms with Crippen molar-refractivity contribution in [2.45, 2.75) is 20.3 Å². The molecular weight excluding hydrogens is 142 g/mol. The fraction of sp³-hybridized carbons (Fsp3) is 0.714. The highest BCUT2D eigenvalue weighted by atomic mass is 16.3. The molecule has 0 spiro atoms. The molecule has 0 aliphatic rings. The maximum Gasteiger partial charge on any atom is 0.137 e. The van der Waals surface area contributed by atoms with Crippen molar-refractivity contribution < 1.29 is 5.11 Å². The highest BCUT2D eigenvalue weighted by Gasteiger charge is 2.18. The third kappa shape index (κ3) is 2.31. The Morgan fingerprint density at radius 3 is 2.82 bits per heavy atom. The number of H-pyrrole nitrogens is 1. The second-order valence-corrected chi connectivity index (χ2v) is 3.43. The SMILES string of the molecule is CC(C)(CO)Cc1ncn[nH]1. The van der Waals surface area contributed by atoms with E-state index >= 15 is 0 Å². The Labute approximate surface area is 65.7 Å². The lowest BCUT2D eigenvalue weighted by molar-refractivity contribution is 0.157. The van der Waals surface area contributed by atoms with E-state index in [0.717, 1.165) is 12.2 Å². The Hall–Kier alpha value is -0.900. The van der Waals surface area contributed by atoms with Crippen LogP contribution in [0.3, 0.4) is 0 Å². The third-order valence-corrected chi connectivity index (χ3v) is 1.54. The van der Waals surface area contributed by atoms with Gasteiger partial charge in [-0.05, 0) is 5.41 Å². The van der Waals surface area contributed by atoms with Gasteiger partial charge in [-0.2, -0.15) is 5.10 Å². The summed E-state index contributed by atoms with van der Waals surface area (Å²) < 4.78 is 0. The topological polar surface area (TPSA) is 61.8 Å². The standard InChI is InChI=1S/C7H13N3O/c1-7(2,4-11)3-6-8-5-9-10-6/h5,11H,3-4H2,1-2H3,(H,8,9,10). The normalized spacial score (nSPS) is 11.9. The van der Waals surface area contributed by atoms with E-state index in [0.29, 0.717) is 0 Å². The number of nitrogens with zero attached hydrogens (tertiary/aromatic N) is 2. The fourth-order valence-electron chi connectivity index (χ4n) is 0.825. The highest BCUT2D eigenvalue weighted by Crippen LogP contribution is 2.17. The molecular formula is C7H13N3O. The van der Waals surface area contributed by atoms with Crippen LogP contribution in [-0.4, -0.2) is 26.9 Å². The van der Waals surface area contributed by atoms with Gasteiger partial charge in [0.2, 0.25) is 0 Å². The Morgan fingerprint density at radius 2 is 2.36 bits per heavy atom. The van der Waals surface area contributed by atoms with Crippen molar-refractivity contribution in [3.63, 3.8) is 0 Å². The van der Waals surface area contributed by atoms with E-state index in [-0.39, 0.29) is 12.0 Å². The predicted octanol–water partition coefficient (Wildman–Crippen LogP) is 0.366. The highest BCUT2D eigenvalue weighted by molar-refractivity contribution is 4.87. The minimum Gasteiger partial charge on any atom is -0.396 e. The molecule has 0 aliphatic heterocycles. The number of aromatic nitrogens is 3. The van der Waals surface area contributed by atoms with Gasteiger partial charge in [0.25, 0.3) is 0 Å². The molecule has 1 aromatic heterocycles. The zero-order valence-corrected chi connectivity index (χ0v) is 6.83. The Kier molecular flexibility index (Phi) is 2.24. The molecule has 62 valence electrons. The van der Waals surface area contributed by atoms with Crippen molar-refractivity contribution in [2.75, 3.05) is 6.61 Å². The van der Waals surface area contributed by atoms with Crippen LogP contribution in [0.4, 0.5) is 0 Å². The lowest BCUT2D eigenvalue weighted by Crippen LogP contribution is -2.20. The first-order valence-corrected chi connectivity index (χ1v) is 3.59. The van der Waals surface area contributed by atoms with E-state index in [4.69, 9.17) is 5.11 Å². The van der Waals surface area contributed by atoms with Crippen LogP contribution in [0.5, 0.6) is 0 Å². The predicted molar refractivity (Wildman–Crippen MR) is 41.0 cm³/mol. The number of aromatic amines is 1. The molecule has 0 aromatic carbocycles. The van der Waals surface area contributed by atoms with Crippen molar-refractivity contribution in [2.24, 2.45) is 5.41 Å². The molecule has 0 unspecified atom stereocenters. The van der Waals surface area contributed by atoms with Gasteiger partial charge in [-0.15, -0.1) is 0 Å². The minimum absolute atomic E-state index is 0.112. The van der Waals surface area contributed by atoms with E-state index in [9.17, 15) is 0 Å². The molecule has 0 amide bonds. The quantitative estimate of drug-likeness (QED) is 0.662. The smallest absolute Gasteiger partial charge is 0.137 e. The Balaban J connectivity index is 2.56. The molecule has 1 rings (SSSR count). The molecule has 0 atom stereocenters. The molecule has 0 bridgehead atoms. The van der Waals surface area contributed by atoms with Gasteiger partial charge in [0, 0.05) is 13.0 Å². The van der Waals surface area contributed by atoms with E-state index in [1.54, 1.807) is 0 Å². The summed E-state index contributed by atoms with van der Waals surface area (Å²) in [6, 6.07) is 0. The maximum atomic E-state index is 8.93. The van der Waals surface area contributed by atoms with E-state index < -0.39 is 0 Å². The minimum atomic E-state index is -0.112. The van der Waals surface area contributed by atoms with Crippen molar-refractivity contribution in [3.05, 3.63) is 12.2 Å². The average Bonchev–Trinajstić information content (AvgIpc) is 2.39. The first kappa shape index (κ1) is 8.20. The lowest BCUT2D eigenvalue weighted by Gasteiger charge is -2.19. The number of aliphatic hydroxyl groups excluding tert-OH is 1. The number of aliphatic hydroxyl groups is 1. The van der Waals surface area contributed by atoms with Gasteiger partial charge >= 0.3 is 0 Å². The van der Waals surface area contributed by atoms with Crippen molar-refractivity contribution >= 4 is 0 Å². The van der Waals surface area contributed by atoms with Gasteiger partial charge in [-0.3, -0.25) is 5.10 Å². The van der Waals surface area contributed by atoms with E-state index in [1.807, 2.05) is 13.8 Å². The molecule has 0 radical (unpaired) electrons. The summed E-state index contributed by atoms with van der Waals surface area (Å²) in [5, 5.41) is 15.4. The van der Waals surface area contributed by atoms with Gasteiger partial charge in [-0.25, -0.2) is 4.98 Å². The van der Waals surface area contributed by atoms with Gasteiger partial charge in [0.15, 0.2) is 0 Å². The first-order chi connectivity index (χ1) is 5.14. The number of rotatable bonds is 3. The second kappa shape index (κ2) is 3.00. The van der Waals surface area contributed by atoms with Gasteiger partial charge in [-0.1, -0.05) is 13.8 Å². The molecule has 1 heterocycles. The molecule has 11 heavy (non-hydrogen) atoms. The maximum absolute atomic E-state index is 8.93. The molecule has 0 fully saturated rings. The molecule has 4 heteroatoms. The van der Waals surface area contributed by atoms with Crippen LogP contribution < -0.4 is 0 Å². The van der Waals surface area contributed by atoms with Gasteiger partial charge < -0.3 is 5.11 Å². The zero-order valence-electron chi connectivity index (χ0n) is 6.83.